The van der Waals surface area contributed by atoms with Crippen LogP contribution in [0.5, 0.6) is 5.75 Å². The second kappa shape index (κ2) is 6.33. The van der Waals surface area contributed by atoms with Crippen LogP contribution in [0.25, 0.3) is 0 Å². The zero-order valence-corrected chi connectivity index (χ0v) is 11.3. The highest BCUT2D eigenvalue weighted by Gasteiger charge is 2.20. The molecule has 0 heterocycles. The van der Waals surface area contributed by atoms with E-state index in [1.807, 2.05) is 6.92 Å². The first-order valence-electron chi connectivity index (χ1n) is 6.96. The lowest BCUT2D eigenvalue weighted by Gasteiger charge is -2.23. The molecule has 0 aromatic heterocycles. The van der Waals surface area contributed by atoms with E-state index in [0.29, 0.717) is 12.0 Å². The van der Waals surface area contributed by atoms with Gasteiger partial charge in [-0.1, -0.05) is 6.42 Å². The maximum absolute atomic E-state index is 13.9. The minimum Gasteiger partial charge on any atom is -0.484 e. The van der Waals surface area contributed by atoms with Gasteiger partial charge in [-0.15, -0.1) is 0 Å². The van der Waals surface area contributed by atoms with Crippen LogP contribution in [0.15, 0.2) is 12.1 Å². The number of benzene rings is 1. The molecule has 0 saturated heterocycles. The molecule has 4 heteroatoms. The van der Waals surface area contributed by atoms with Gasteiger partial charge in [-0.2, -0.15) is 0 Å². The fraction of sp³-hybridized carbons (Fsp3) is 0.600. The first kappa shape index (κ1) is 14.3. The van der Waals surface area contributed by atoms with Crippen molar-refractivity contribution in [2.24, 2.45) is 5.73 Å². The van der Waals surface area contributed by atoms with Gasteiger partial charge < -0.3 is 10.5 Å². The highest BCUT2D eigenvalue weighted by molar-refractivity contribution is 5.32. The van der Waals surface area contributed by atoms with E-state index in [9.17, 15) is 8.78 Å². The lowest BCUT2D eigenvalue weighted by atomic mass is 9.98. The Labute approximate surface area is 112 Å². The van der Waals surface area contributed by atoms with Crippen molar-refractivity contribution in [1.82, 2.24) is 0 Å². The van der Waals surface area contributed by atoms with Crippen molar-refractivity contribution in [2.45, 2.75) is 57.6 Å². The summed E-state index contributed by atoms with van der Waals surface area (Å²) in [5.41, 5.74) is 6.21. The van der Waals surface area contributed by atoms with Gasteiger partial charge in [-0.25, -0.2) is 8.78 Å². The molecule has 0 aliphatic heterocycles. The van der Waals surface area contributed by atoms with Crippen LogP contribution in [0.4, 0.5) is 8.78 Å². The summed E-state index contributed by atoms with van der Waals surface area (Å²) in [7, 11) is 0. The lowest BCUT2D eigenvalue weighted by Crippen LogP contribution is -2.21. The summed E-state index contributed by atoms with van der Waals surface area (Å²) < 4.78 is 33.3. The Bertz CT molecular complexity index is 405. The third-order valence-electron chi connectivity index (χ3n) is 3.45. The molecule has 1 aromatic carbocycles. The molecular formula is C15H21F2NO. The molecule has 0 bridgehead atoms. The summed E-state index contributed by atoms with van der Waals surface area (Å²) in [4.78, 5) is 0. The highest BCUT2D eigenvalue weighted by Crippen LogP contribution is 2.28. The van der Waals surface area contributed by atoms with Crippen LogP contribution in [-0.4, -0.2) is 12.1 Å². The quantitative estimate of drug-likeness (QED) is 0.907. The molecule has 0 amide bonds. The van der Waals surface area contributed by atoms with Gasteiger partial charge in [0.2, 0.25) is 0 Å². The molecule has 0 radical (unpaired) electrons. The monoisotopic (exact) mass is 269 g/mol. The van der Waals surface area contributed by atoms with Crippen molar-refractivity contribution < 1.29 is 13.5 Å². The standard InChI is InChI=1S/C15H21F2NO/c1-10(18)7-11-8-13(16)15(14(17)9-11)19-12-5-3-2-4-6-12/h8-10,12H,2-7,18H2,1H3. The van der Waals surface area contributed by atoms with E-state index < -0.39 is 11.6 Å². The van der Waals surface area contributed by atoms with Crippen LogP contribution in [0.1, 0.15) is 44.6 Å². The zero-order valence-electron chi connectivity index (χ0n) is 11.3. The van der Waals surface area contributed by atoms with Crippen LogP contribution in [0.2, 0.25) is 0 Å². The molecular weight excluding hydrogens is 248 g/mol. The van der Waals surface area contributed by atoms with Crippen molar-refractivity contribution in [3.05, 3.63) is 29.3 Å². The maximum atomic E-state index is 13.9. The van der Waals surface area contributed by atoms with Gasteiger partial charge in [-0.05, 0) is 56.7 Å². The summed E-state index contributed by atoms with van der Waals surface area (Å²) in [6.07, 6.45) is 5.46. The predicted octanol–water partition coefficient (Wildman–Crippen LogP) is 3.57. The summed E-state index contributed by atoms with van der Waals surface area (Å²) in [6, 6.07) is 2.53. The van der Waals surface area contributed by atoms with Gasteiger partial charge in [0.15, 0.2) is 17.4 Å². The summed E-state index contributed by atoms with van der Waals surface area (Å²) >= 11 is 0. The predicted molar refractivity (Wildman–Crippen MR) is 71.2 cm³/mol. The van der Waals surface area contributed by atoms with Crippen LogP contribution < -0.4 is 10.5 Å². The zero-order chi connectivity index (χ0) is 13.8. The maximum Gasteiger partial charge on any atom is 0.191 e. The van der Waals surface area contributed by atoms with Crippen LogP contribution in [0, 0.1) is 11.6 Å². The van der Waals surface area contributed by atoms with Gasteiger partial charge in [-0.3, -0.25) is 0 Å². The minimum absolute atomic E-state index is 0.0583. The topological polar surface area (TPSA) is 35.2 Å². The Balaban J connectivity index is 2.11. The average Bonchev–Trinajstić information content (AvgIpc) is 2.34. The van der Waals surface area contributed by atoms with E-state index >= 15 is 0 Å². The average molecular weight is 269 g/mol. The first-order valence-corrected chi connectivity index (χ1v) is 6.96. The summed E-state index contributed by atoms with van der Waals surface area (Å²) in [6.45, 7) is 1.81. The van der Waals surface area contributed by atoms with Crippen LogP contribution >= 0.6 is 0 Å². The summed E-state index contributed by atoms with van der Waals surface area (Å²) in [5, 5.41) is 0. The smallest absolute Gasteiger partial charge is 0.191 e. The largest absolute Gasteiger partial charge is 0.484 e. The molecule has 106 valence electrons. The number of ether oxygens (including phenoxy) is 1. The molecule has 2 nitrogen and oxygen atoms in total. The minimum atomic E-state index is -0.624. The number of rotatable bonds is 4. The van der Waals surface area contributed by atoms with Crippen LogP contribution in [0.3, 0.4) is 0 Å². The van der Waals surface area contributed by atoms with E-state index in [2.05, 4.69) is 0 Å². The molecule has 1 unspecified atom stereocenters. The van der Waals surface area contributed by atoms with E-state index in [1.165, 1.54) is 18.6 Å². The van der Waals surface area contributed by atoms with Gasteiger partial charge in [0.25, 0.3) is 0 Å². The van der Waals surface area contributed by atoms with Gasteiger partial charge in [0.05, 0.1) is 6.10 Å². The van der Waals surface area contributed by atoms with E-state index in [0.717, 1.165) is 25.7 Å². The van der Waals surface area contributed by atoms with E-state index in [1.54, 1.807) is 0 Å². The highest BCUT2D eigenvalue weighted by atomic mass is 19.1. The molecule has 1 atom stereocenters. The second-order valence-electron chi connectivity index (χ2n) is 5.45. The molecule has 1 saturated carbocycles. The molecule has 1 aromatic rings. The van der Waals surface area contributed by atoms with E-state index in [4.69, 9.17) is 10.5 Å². The molecule has 0 spiro atoms. The molecule has 19 heavy (non-hydrogen) atoms. The van der Waals surface area contributed by atoms with Crippen molar-refractivity contribution >= 4 is 0 Å². The fourth-order valence-electron chi connectivity index (χ4n) is 2.56. The van der Waals surface area contributed by atoms with Crippen molar-refractivity contribution in [1.29, 1.82) is 0 Å². The lowest BCUT2D eigenvalue weighted by molar-refractivity contribution is 0.142. The Kier molecular flexibility index (Phi) is 4.75. The Morgan fingerprint density at radius 3 is 2.32 bits per heavy atom. The van der Waals surface area contributed by atoms with Gasteiger partial charge >= 0.3 is 0 Å². The van der Waals surface area contributed by atoms with Crippen molar-refractivity contribution in [2.75, 3.05) is 0 Å². The van der Waals surface area contributed by atoms with Crippen molar-refractivity contribution in [3.8, 4) is 5.75 Å². The summed E-state index contributed by atoms with van der Waals surface area (Å²) in [5.74, 6) is -1.48. The molecule has 1 aliphatic rings. The van der Waals surface area contributed by atoms with Gasteiger partial charge in [0.1, 0.15) is 0 Å². The number of hydrogen-bond acceptors (Lipinski definition) is 2. The molecule has 1 fully saturated rings. The number of hydrogen-bond donors (Lipinski definition) is 1. The Hall–Kier alpha value is -1.16. The third-order valence-corrected chi connectivity index (χ3v) is 3.45. The Morgan fingerprint density at radius 2 is 1.79 bits per heavy atom. The molecule has 1 aliphatic carbocycles. The van der Waals surface area contributed by atoms with Gasteiger partial charge in [0, 0.05) is 6.04 Å². The number of halogens is 2. The normalized spacial score (nSPS) is 18.3. The second-order valence-corrected chi connectivity index (χ2v) is 5.45. The van der Waals surface area contributed by atoms with Crippen molar-refractivity contribution in [3.63, 3.8) is 0 Å². The SMILES string of the molecule is CC(N)Cc1cc(F)c(OC2CCCCC2)c(F)c1. The van der Waals surface area contributed by atoms with E-state index in [-0.39, 0.29) is 17.9 Å². The molecule has 2 rings (SSSR count). The Morgan fingerprint density at radius 1 is 1.21 bits per heavy atom. The third kappa shape index (κ3) is 3.90. The number of nitrogens with two attached hydrogens (primary N) is 1. The first-order chi connectivity index (χ1) is 9.06. The van der Waals surface area contributed by atoms with Crippen LogP contribution in [-0.2, 0) is 6.42 Å². The fourth-order valence-corrected chi connectivity index (χ4v) is 2.56. The molecule has 2 N–H and O–H groups in total.